The lowest BCUT2D eigenvalue weighted by Crippen LogP contribution is -2.49. The van der Waals surface area contributed by atoms with E-state index in [1.165, 1.54) is 37.8 Å². The van der Waals surface area contributed by atoms with Gasteiger partial charge >= 0.3 is 12.2 Å². The second kappa shape index (κ2) is 20.5. The third-order valence-electron chi connectivity index (χ3n) is 12.3. The minimum absolute atomic E-state index is 0. The third-order valence-corrected chi connectivity index (χ3v) is 12.3. The number of ether oxygens (including phenoxy) is 4. The number of nitrogens with one attached hydrogen (secondary N) is 1. The molecule has 0 saturated carbocycles. The average molecular weight is 849 g/mol. The van der Waals surface area contributed by atoms with Crippen molar-refractivity contribution in [3.63, 3.8) is 0 Å². The lowest BCUT2D eigenvalue weighted by molar-refractivity contribution is -0.00252. The van der Waals surface area contributed by atoms with Crippen molar-refractivity contribution in [1.29, 1.82) is 0 Å². The van der Waals surface area contributed by atoms with Crippen molar-refractivity contribution < 1.29 is 42.4 Å². The summed E-state index contributed by atoms with van der Waals surface area (Å²) in [5.41, 5.74) is -0.897. The molecule has 2 N–H and O–H groups in total. The molecule has 2 aromatic carbocycles. The smallest absolute Gasteiger partial charge is 0.410 e. The van der Waals surface area contributed by atoms with Crippen LogP contribution in [0.15, 0.2) is 48.5 Å². The van der Waals surface area contributed by atoms with Crippen LogP contribution in [0.3, 0.4) is 0 Å². The zero-order chi connectivity index (χ0) is 41.6. The summed E-state index contributed by atoms with van der Waals surface area (Å²) in [5.74, 6) is 1.40. The van der Waals surface area contributed by atoms with Crippen LogP contribution in [0.1, 0.15) is 119 Å². The largest absolute Gasteiger partial charge is 0.490 e. The first-order valence-corrected chi connectivity index (χ1v) is 21.7. The number of amides is 2. The fourth-order valence-corrected chi connectivity index (χ4v) is 9.94. The van der Waals surface area contributed by atoms with Crippen LogP contribution in [0.25, 0.3) is 0 Å². The fourth-order valence-electron chi connectivity index (χ4n) is 9.94. The molecule has 0 radical (unpaired) electrons. The number of nitrogens with zero attached hydrogens (tertiary/aromatic N) is 2. The molecule has 6 heterocycles. The Balaban J connectivity index is 0.000000170. The number of piperidine rings is 3. The zero-order valence-corrected chi connectivity index (χ0v) is 36.7. The normalized spacial score (nSPS) is 29.2. The van der Waals surface area contributed by atoms with Crippen molar-refractivity contribution in [3.05, 3.63) is 60.2 Å². The molecule has 6 aliphatic rings. The number of hydrogen-bond donors (Lipinski definition) is 2. The molecule has 2 aromatic rings. The fraction of sp³-hybridized carbons (Fsp3) is 0.696. The quantitative estimate of drug-likeness (QED) is 0.284. The minimum atomic E-state index is -0.471. The molecule has 330 valence electrons. The van der Waals surface area contributed by atoms with E-state index in [2.05, 4.69) is 5.32 Å². The van der Waals surface area contributed by atoms with Crippen LogP contribution < -0.4 is 14.8 Å². The Kier molecular flexibility index (Phi) is 16.2. The third kappa shape index (κ3) is 13.1. The van der Waals surface area contributed by atoms with Crippen LogP contribution >= 0.6 is 12.4 Å². The highest BCUT2D eigenvalue weighted by molar-refractivity contribution is 5.85. The SMILES string of the molecule is CC(C)(C)OC(=O)N1C2CCC1CC(CO)C2.CC(C)(C)OC(=O)N1C2CCC1CC(COc1ccccc1F)C2.Cl.Fc1ccccc1OCC1CC2CCC(C1)N2. The number of aliphatic hydroxyl groups excluding tert-OH is 1. The first-order valence-electron chi connectivity index (χ1n) is 21.7. The van der Waals surface area contributed by atoms with Crippen LogP contribution in [0.2, 0.25) is 0 Å². The Labute approximate surface area is 356 Å². The molecule has 13 heteroatoms. The molecule has 6 fully saturated rings. The van der Waals surface area contributed by atoms with E-state index in [9.17, 15) is 23.5 Å². The number of benzene rings is 2. The van der Waals surface area contributed by atoms with Crippen LogP contribution in [0.5, 0.6) is 11.5 Å². The highest BCUT2D eigenvalue weighted by Gasteiger charge is 2.46. The maximum absolute atomic E-state index is 13.6. The maximum atomic E-state index is 13.6. The van der Waals surface area contributed by atoms with Gasteiger partial charge in [-0.1, -0.05) is 24.3 Å². The van der Waals surface area contributed by atoms with Gasteiger partial charge in [-0.05, 0) is 161 Å². The van der Waals surface area contributed by atoms with E-state index < -0.39 is 11.2 Å². The van der Waals surface area contributed by atoms with E-state index in [-0.39, 0.29) is 67.0 Å². The summed E-state index contributed by atoms with van der Waals surface area (Å²) in [6, 6.07) is 15.5. The highest BCUT2D eigenvalue weighted by atomic mass is 35.5. The van der Waals surface area contributed by atoms with E-state index in [0.29, 0.717) is 54.6 Å². The van der Waals surface area contributed by atoms with Gasteiger partial charge in [0.2, 0.25) is 0 Å². The van der Waals surface area contributed by atoms with Crippen LogP contribution in [-0.2, 0) is 9.47 Å². The molecule has 10 nitrogen and oxygen atoms in total. The lowest BCUT2D eigenvalue weighted by Gasteiger charge is -2.39. The lowest BCUT2D eigenvalue weighted by atomic mass is 9.91. The van der Waals surface area contributed by atoms with Crippen LogP contribution in [0, 0.1) is 29.4 Å². The van der Waals surface area contributed by atoms with Gasteiger partial charge in [0.25, 0.3) is 0 Å². The second-order valence-corrected chi connectivity index (χ2v) is 19.4. The van der Waals surface area contributed by atoms with Crippen molar-refractivity contribution in [1.82, 2.24) is 15.1 Å². The number of carbonyl (C=O) groups excluding carboxylic acids is 2. The molecule has 0 spiro atoms. The molecule has 8 rings (SSSR count). The summed E-state index contributed by atoms with van der Waals surface area (Å²) in [4.78, 5) is 28.4. The van der Waals surface area contributed by atoms with Gasteiger partial charge in [-0.3, -0.25) is 0 Å². The Morgan fingerprint density at radius 2 is 0.966 bits per heavy atom. The standard InChI is InChI=1S/C19H26FNO3.C14H18FNO.C13H23NO3.ClH/c1-19(2,3)24-18(22)21-14-8-9-15(21)11-13(10-14)12-23-17-7-5-4-6-16(17)20;15-13-3-1-2-4-14(13)17-9-10-7-11-5-6-12(8-10)16-11;1-13(2,3)17-12(16)14-10-4-5-11(14)7-9(6-10)8-15;/h4-7,13-15H,8-12H2,1-3H3;1-4,10-12,16H,5-9H2;9-11,15H,4-8H2,1-3H3;1H. The summed E-state index contributed by atoms with van der Waals surface area (Å²) < 4.78 is 49.3. The number of fused-ring (bicyclic) bond motifs is 6. The van der Waals surface area contributed by atoms with Crippen molar-refractivity contribution >= 4 is 24.6 Å². The maximum Gasteiger partial charge on any atom is 0.410 e. The topological polar surface area (TPSA) is 110 Å². The minimum Gasteiger partial charge on any atom is -0.490 e. The summed E-state index contributed by atoms with van der Waals surface area (Å²) in [6.45, 7) is 12.8. The Hall–Kier alpha value is -3.35. The average Bonchev–Trinajstić information content (AvgIpc) is 3.75. The number of rotatable bonds is 7. The molecule has 59 heavy (non-hydrogen) atoms. The van der Waals surface area contributed by atoms with Crippen molar-refractivity contribution in [2.75, 3.05) is 19.8 Å². The molecular formula is C46H68ClF2N3O7. The zero-order valence-electron chi connectivity index (χ0n) is 35.9. The van der Waals surface area contributed by atoms with E-state index >= 15 is 0 Å². The monoisotopic (exact) mass is 847 g/mol. The van der Waals surface area contributed by atoms with Crippen molar-refractivity contribution in [3.8, 4) is 11.5 Å². The van der Waals surface area contributed by atoms with Gasteiger partial charge in [-0.2, -0.15) is 0 Å². The van der Waals surface area contributed by atoms with Gasteiger partial charge in [-0.25, -0.2) is 18.4 Å². The van der Waals surface area contributed by atoms with E-state index in [1.54, 1.807) is 30.3 Å². The van der Waals surface area contributed by atoms with Crippen LogP contribution in [-0.4, -0.2) is 94.4 Å². The number of halogens is 3. The molecule has 2 amide bonds. The van der Waals surface area contributed by atoms with E-state index in [4.69, 9.17) is 18.9 Å². The summed E-state index contributed by atoms with van der Waals surface area (Å²) in [6.07, 6.45) is 12.3. The van der Waals surface area contributed by atoms with Gasteiger partial charge in [-0.15, -0.1) is 12.4 Å². The van der Waals surface area contributed by atoms with Gasteiger partial charge in [0.1, 0.15) is 11.2 Å². The molecular weight excluding hydrogens is 780 g/mol. The first-order chi connectivity index (χ1) is 27.5. The van der Waals surface area contributed by atoms with Gasteiger partial charge in [0.05, 0.1) is 13.2 Å². The van der Waals surface area contributed by atoms with Crippen molar-refractivity contribution in [2.24, 2.45) is 17.8 Å². The number of aliphatic hydroxyl groups is 1. The molecule has 6 atom stereocenters. The summed E-state index contributed by atoms with van der Waals surface area (Å²) in [5, 5.41) is 12.8. The summed E-state index contributed by atoms with van der Waals surface area (Å²) in [7, 11) is 0. The number of para-hydroxylation sites is 2. The van der Waals surface area contributed by atoms with Gasteiger partial charge < -0.3 is 39.2 Å². The Bertz CT molecular complexity index is 1630. The van der Waals surface area contributed by atoms with E-state index in [0.717, 1.165) is 51.4 Å². The van der Waals surface area contributed by atoms with Gasteiger partial charge in [0, 0.05) is 42.9 Å². The molecule has 6 saturated heterocycles. The molecule has 0 aromatic heterocycles. The predicted octanol–water partition coefficient (Wildman–Crippen LogP) is 9.70. The Morgan fingerprint density at radius 1 is 0.610 bits per heavy atom. The van der Waals surface area contributed by atoms with Gasteiger partial charge in [0.15, 0.2) is 23.1 Å². The molecule has 0 aliphatic carbocycles. The predicted molar refractivity (Wildman–Crippen MR) is 226 cm³/mol. The summed E-state index contributed by atoms with van der Waals surface area (Å²) >= 11 is 0. The number of carbonyl (C=O) groups is 2. The first kappa shape index (κ1) is 46.7. The molecule has 6 aliphatic heterocycles. The Morgan fingerprint density at radius 3 is 1.32 bits per heavy atom. The molecule has 6 unspecified atom stereocenters. The number of hydrogen-bond acceptors (Lipinski definition) is 8. The second-order valence-electron chi connectivity index (χ2n) is 19.4. The highest BCUT2D eigenvalue weighted by Crippen LogP contribution is 2.41. The molecule has 6 bridgehead atoms. The van der Waals surface area contributed by atoms with E-state index in [1.807, 2.05) is 57.4 Å². The van der Waals surface area contributed by atoms with Crippen LogP contribution in [0.4, 0.5) is 18.4 Å². The van der Waals surface area contributed by atoms with Crippen molar-refractivity contribution in [2.45, 2.75) is 166 Å².